The summed E-state index contributed by atoms with van der Waals surface area (Å²) in [7, 11) is 0. The Morgan fingerprint density at radius 2 is 2.26 bits per heavy atom. The van der Waals surface area contributed by atoms with E-state index in [4.69, 9.17) is 4.74 Å². The van der Waals surface area contributed by atoms with Crippen LogP contribution in [0.1, 0.15) is 29.3 Å². The number of esters is 1. The van der Waals surface area contributed by atoms with Crippen LogP contribution in [0.25, 0.3) is 10.2 Å². The number of hydrogen-bond acceptors (Lipinski definition) is 8. The first kappa shape index (κ1) is 15.3. The molecule has 0 aliphatic heterocycles. The number of aromatic nitrogens is 6. The van der Waals surface area contributed by atoms with Crippen LogP contribution in [-0.4, -0.2) is 36.1 Å². The van der Waals surface area contributed by atoms with E-state index in [1.165, 1.54) is 22.3 Å². The monoisotopic (exact) mass is 334 g/mol. The zero-order valence-corrected chi connectivity index (χ0v) is 13.5. The Bertz CT molecular complexity index is 914. The van der Waals surface area contributed by atoms with Crippen LogP contribution >= 0.6 is 11.3 Å². The van der Waals surface area contributed by atoms with Crippen LogP contribution in [0.15, 0.2) is 11.1 Å². The molecule has 0 aromatic carbocycles. The van der Waals surface area contributed by atoms with Crippen molar-refractivity contribution in [1.29, 1.82) is 0 Å². The summed E-state index contributed by atoms with van der Waals surface area (Å²) >= 11 is 1.44. The smallest absolute Gasteiger partial charge is 0.328 e. The van der Waals surface area contributed by atoms with Gasteiger partial charge in [0.05, 0.1) is 5.39 Å². The first-order chi connectivity index (χ1) is 11.0. The number of aromatic amines is 1. The number of fused-ring (bicyclic) bond motifs is 1. The number of rotatable bonds is 4. The molecule has 10 heteroatoms. The van der Waals surface area contributed by atoms with Crippen LogP contribution in [0.5, 0.6) is 0 Å². The van der Waals surface area contributed by atoms with Gasteiger partial charge in [0, 0.05) is 4.88 Å². The summed E-state index contributed by atoms with van der Waals surface area (Å²) in [5.74, 6) is -0.208. The molecule has 3 aromatic heterocycles. The summed E-state index contributed by atoms with van der Waals surface area (Å²) in [5.41, 5.74) is 0.698. The number of ether oxygens (including phenoxy) is 1. The predicted octanol–water partition coefficient (Wildman–Crippen LogP) is 0.892. The average molecular weight is 334 g/mol. The fraction of sp³-hybridized carbons (Fsp3) is 0.385. The Morgan fingerprint density at radius 3 is 2.96 bits per heavy atom. The molecule has 0 spiro atoms. The SMILES string of the molecule is Cc1sc2nc([C@@H](C)OC(=O)Cn3cnnn3)[nH]c(=O)c2c1C. The number of nitrogens with zero attached hydrogens (tertiary/aromatic N) is 5. The van der Waals surface area contributed by atoms with E-state index in [1.807, 2.05) is 13.8 Å². The number of carbonyl (C=O) groups excluding carboxylic acids is 1. The van der Waals surface area contributed by atoms with Gasteiger partial charge in [-0.3, -0.25) is 9.59 Å². The highest BCUT2D eigenvalue weighted by Gasteiger charge is 2.18. The highest BCUT2D eigenvalue weighted by molar-refractivity contribution is 7.18. The predicted molar refractivity (Wildman–Crippen MR) is 82.0 cm³/mol. The molecule has 3 aromatic rings. The van der Waals surface area contributed by atoms with Crippen molar-refractivity contribution < 1.29 is 9.53 Å². The Labute approximate surface area is 134 Å². The molecule has 0 aliphatic rings. The van der Waals surface area contributed by atoms with Gasteiger partial charge in [0.25, 0.3) is 5.56 Å². The second kappa shape index (κ2) is 5.88. The van der Waals surface area contributed by atoms with Crippen molar-refractivity contribution in [1.82, 2.24) is 30.2 Å². The van der Waals surface area contributed by atoms with Gasteiger partial charge in [0.2, 0.25) is 0 Å². The largest absolute Gasteiger partial charge is 0.453 e. The molecule has 120 valence electrons. The van der Waals surface area contributed by atoms with Crippen LogP contribution in [0.4, 0.5) is 0 Å². The number of thiophene rings is 1. The molecular formula is C13H14N6O3S. The maximum atomic E-state index is 12.2. The van der Waals surface area contributed by atoms with Gasteiger partial charge in [-0.2, -0.15) is 0 Å². The molecule has 23 heavy (non-hydrogen) atoms. The highest BCUT2D eigenvalue weighted by Crippen LogP contribution is 2.26. The molecule has 0 fully saturated rings. The van der Waals surface area contributed by atoms with Gasteiger partial charge in [0.15, 0.2) is 11.9 Å². The molecule has 3 rings (SSSR count). The lowest BCUT2D eigenvalue weighted by molar-refractivity contribution is -0.150. The molecule has 0 saturated heterocycles. The number of hydrogen-bond donors (Lipinski definition) is 1. The van der Waals surface area contributed by atoms with Gasteiger partial charge < -0.3 is 9.72 Å². The molecule has 9 nitrogen and oxygen atoms in total. The van der Waals surface area contributed by atoms with Crippen molar-refractivity contribution in [3.8, 4) is 0 Å². The Balaban J connectivity index is 1.82. The minimum absolute atomic E-state index is 0.110. The number of H-pyrrole nitrogens is 1. The summed E-state index contributed by atoms with van der Waals surface area (Å²) in [6.45, 7) is 5.37. The second-order valence-corrected chi connectivity index (χ2v) is 6.26. The molecule has 0 unspecified atom stereocenters. The van der Waals surface area contributed by atoms with Crippen LogP contribution in [0.3, 0.4) is 0 Å². The van der Waals surface area contributed by atoms with Crippen molar-refractivity contribution in [3.63, 3.8) is 0 Å². The maximum Gasteiger partial charge on any atom is 0.328 e. The van der Waals surface area contributed by atoms with E-state index in [-0.39, 0.29) is 12.1 Å². The van der Waals surface area contributed by atoms with E-state index in [0.29, 0.717) is 16.0 Å². The van der Waals surface area contributed by atoms with Crippen molar-refractivity contribution >= 4 is 27.5 Å². The molecule has 0 aliphatic carbocycles. The van der Waals surface area contributed by atoms with Crippen molar-refractivity contribution in [2.45, 2.75) is 33.4 Å². The summed E-state index contributed by atoms with van der Waals surface area (Å²) in [5, 5.41) is 11.0. The Hall–Kier alpha value is -2.62. The van der Waals surface area contributed by atoms with Gasteiger partial charge in [-0.05, 0) is 36.8 Å². The number of tetrazole rings is 1. The normalized spacial score (nSPS) is 12.5. The standard InChI is InChI=1S/C13H14N6O3S/c1-6-8(3)23-13-10(6)12(21)15-11(16-13)7(2)22-9(20)4-19-5-14-17-18-19/h5,7H,4H2,1-3H3,(H,15,16,21)/t7-/m1/s1. The molecule has 0 bridgehead atoms. The van der Waals surface area contributed by atoms with Crippen LogP contribution < -0.4 is 5.56 Å². The quantitative estimate of drug-likeness (QED) is 0.704. The van der Waals surface area contributed by atoms with Crippen LogP contribution in [0.2, 0.25) is 0 Å². The topological polar surface area (TPSA) is 116 Å². The fourth-order valence-corrected chi connectivity index (χ4v) is 3.18. The molecule has 1 atom stereocenters. The van der Waals surface area contributed by atoms with Gasteiger partial charge in [-0.1, -0.05) is 0 Å². The Kier molecular flexibility index (Phi) is 3.90. The summed E-state index contributed by atoms with van der Waals surface area (Å²) in [4.78, 5) is 32.8. The summed E-state index contributed by atoms with van der Waals surface area (Å²) in [6, 6.07) is 0. The third-order valence-electron chi connectivity index (χ3n) is 3.43. The van der Waals surface area contributed by atoms with Gasteiger partial charge >= 0.3 is 5.97 Å². The third-order valence-corrected chi connectivity index (χ3v) is 4.53. The lowest BCUT2D eigenvalue weighted by Crippen LogP contribution is -2.20. The highest BCUT2D eigenvalue weighted by atomic mass is 32.1. The Morgan fingerprint density at radius 1 is 1.48 bits per heavy atom. The summed E-state index contributed by atoms with van der Waals surface area (Å²) in [6.07, 6.45) is 0.633. The van der Waals surface area contributed by atoms with Gasteiger partial charge in [-0.15, -0.1) is 16.4 Å². The molecule has 0 radical (unpaired) electrons. The van der Waals surface area contributed by atoms with Crippen molar-refractivity contribution in [3.05, 3.63) is 32.9 Å². The lowest BCUT2D eigenvalue weighted by atomic mass is 10.2. The second-order valence-electron chi connectivity index (χ2n) is 5.05. The molecule has 1 N–H and O–H groups in total. The number of carbonyl (C=O) groups is 1. The fourth-order valence-electron chi connectivity index (χ4n) is 2.14. The average Bonchev–Trinajstić information content (AvgIpc) is 3.07. The van der Waals surface area contributed by atoms with Crippen LogP contribution in [-0.2, 0) is 16.1 Å². The van der Waals surface area contributed by atoms with E-state index < -0.39 is 12.1 Å². The molecular weight excluding hydrogens is 320 g/mol. The minimum Gasteiger partial charge on any atom is -0.453 e. The van der Waals surface area contributed by atoms with Crippen molar-refractivity contribution in [2.75, 3.05) is 0 Å². The third kappa shape index (κ3) is 2.97. The van der Waals surface area contributed by atoms with E-state index in [2.05, 4.69) is 25.5 Å². The van der Waals surface area contributed by atoms with Crippen LogP contribution in [0, 0.1) is 13.8 Å². The number of aryl methyl sites for hydroxylation is 2. The van der Waals surface area contributed by atoms with E-state index >= 15 is 0 Å². The van der Waals surface area contributed by atoms with E-state index in [0.717, 1.165) is 10.4 Å². The lowest BCUT2D eigenvalue weighted by Gasteiger charge is -2.12. The zero-order chi connectivity index (χ0) is 16.6. The first-order valence-corrected chi connectivity index (χ1v) is 7.67. The first-order valence-electron chi connectivity index (χ1n) is 6.86. The molecule has 0 saturated carbocycles. The molecule has 0 amide bonds. The minimum atomic E-state index is -0.682. The maximum absolute atomic E-state index is 12.2. The van der Waals surface area contributed by atoms with E-state index in [1.54, 1.807) is 6.92 Å². The zero-order valence-electron chi connectivity index (χ0n) is 12.7. The van der Waals surface area contributed by atoms with E-state index in [9.17, 15) is 9.59 Å². The number of nitrogens with one attached hydrogen (secondary N) is 1. The molecule has 3 heterocycles. The van der Waals surface area contributed by atoms with Gasteiger partial charge in [-0.25, -0.2) is 9.67 Å². The van der Waals surface area contributed by atoms with Crippen molar-refractivity contribution in [2.24, 2.45) is 0 Å². The summed E-state index contributed by atoms with van der Waals surface area (Å²) < 4.78 is 6.52. The van der Waals surface area contributed by atoms with Gasteiger partial charge in [0.1, 0.15) is 17.7 Å².